The first kappa shape index (κ1) is 13.2. The van der Waals surface area contributed by atoms with E-state index in [4.69, 9.17) is 25.5 Å². The van der Waals surface area contributed by atoms with E-state index in [0.29, 0.717) is 0 Å². The summed E-state index contributed by atoms with van der Waals surface area (Å²) in [5.74, 6) is 0. The van der Waals surface area contributed by atoms with Crippen LogP contribution in [0, 0.1) is 0 Å². The molecule has 1 heterocycles. The van der Waals surface area contributed by atoms with E-state index in [-0.39, 0.29) is 7.24 Å². The molecule has 1 aliphatic carbocycles. The number of hydrogen-bond donors (Lipinski definition) is 0. The van der Waals surface area contributed by atoms with Gasteiger partial charge in [-0.25, -0.2) is 0 Å². The second kappa shape index (κ2) is 4.61. The van der Waals surface area contributed by atoms with Crippen molar-refractivity contribution in [3.05, 3.63) is 50.9 Å². The van der Waals surface area contributed by atoms with Crippen LogP contribution < -0.4 is 0 Å². The van der Waals surface area contributed by atoms with Crippen molar-refractivity contribution < 1.29 is 15.2 Å². The Kier molecular flexibility index (Phi) is 3.57. The summed E-state index contributed by atoms with van der Waals surface area (Å²) in [5, 5.41) is 2.08. The van der Waals surface area contributed by atoms with Crippen molar-refractivity contribution in [2.75, 3.05) is 0 Å². The van der Waals surface area contributed by atoms with E-state index in [1.807, 2.05) is 6.07 Å². The molecule has 0 bridgehead atoms. The standard InChI is InChI=1S/C11H6BrS.3ClH.Zr/c12-9-1-2-10-8(6-9)5-7-3-4-13-11(7)10;;;;/h1-6H;3*1H;/q+1;;;;+2/p-3. The summed E-state index contributed by atoms with van der Waals surface area (Å²) in [5.41, 5.74) is 3.65. The van der Waals surface area contributed by atoms with Crippen LogP contribution in [0.2, 0.25) is 0 Å². The summed E-state index contributed by atoms with van der Waals surface area (Å²) < 4.78 is 1.08. The Morgan fingerprint density at radius 1 is 1.18 bits per heavy atom. The molecule has 3 rings (SSSR count). The Morgan fingerprint density at radius 2 is 1.94 bits per heavy atom. The summed E-state index contributed by atoms with van der Waals surface area (Å²) >= 11 is 0.0103. The van der Waals surface area contributed by atoms with E-state index < -0.39 is 15.2 Å². The Morgan fingerprint density at radius 3 is 2.65 bits per heavy atom. The van der Waals surface area contributed by atoms with Gasteiger partial charge in [-0.15, -0.1) is 0 Å². The maximum atomic E-state index is 6.25. The Hall–Kier alpha value is 1.15. The molecule has 0 spiro atoms. The van der Waals surface area contributed by atoms with E-state index >= 15 is 0 Å². The van der Waals surface area contributed by atoms with Gasteiger partial charge in [0, 0.05) is 0 Å². The van der Waals surface area contributed by atoms with Gasteiger partial charge in [0.15, 0.2) is 0 Å². The average Bonchev–Trinajstić information content (AvgIpc) is 2.72. The van der Waals surface area contributed by atoms with Gasteiger partial charge in [-0.1, -0.05) is 0 Å². The van der Waals surface area contributed by atoms with Gasteiger partial charge in [0.1, 0.15) is 0 Å². The van der Waals surface area contributed by atoms with Crippen LogP contribution in [0.4, 0.5) is 0 Å². The molecule has 1 atom stereocenters. The van der Waals surface area contributed by atoms with E-state index in [0.717, 1.165) is 4.47 Å². The molecule has 1 aromatic rings. The van der Waals surface area contributed by atoms with E-state index in [1.54, 1.807) is 0 Å². The van der Waals surface area contributed by atoms with Crippen LogP contribution in [-0.2, 0) is 15.2 Å². The average molecular weight is 448 g/mol. The normalized spacial score (nSPS) is 21.5. The van der Waals surface area contributed by atoms with Gasteiger partial charge in [0.05, 0.1) is 0 Å². The van der Waals surface area contributed by atoms with Crippen molar-refractivity contribution >= 4 is 59.6 Å². The van der Waals surface area contributed by atoms with E-state index in [1.165, 1.54) is 21.6 Å². The third kappa shape index (κ3) is 2.33. The second-order valence-electron chi connectivity index (χ2n) is 3.75. The molecule has 0 nitrogen and oxygen atoms in total. The van der Waals surface area contributed by atoms with Gasteiger partial charge in [0.2, 0.25) is 0 Å². The number of benzene rings is 1. The first-order valence-corrected chi connectivity index (χ1v) is 19.4. The first-order valence-electron chi connectivity index (χ1n) is 4.84. The third-order valence-electron chi connectivity index (χ3n) is 2.68. The van der Waals surface area contributed by atoms with Crippen LogP contribution in [-0.4, -0.2) is 4.86 Å². The minimum atomic E-state index is -3.47. The van der Waals surface area contributed by atoms with Crippen LogP contribution in [0.5, 0.6) is 0 Å². The summed E-state index contributed by atoms with van der Waals surface area (Å²) in [7, 11) is 18.5. The maximum absolute atomic E-state index is 6.25. The quantitative estimate of drug-likeness (QED) is 0.485. The summed E-state index contributed by atoms with van der Waals surface area (Å²) in [6.45, 7) is 0. The SMILES string of the molecule is [Cl][Zr]([Cl])([Cl])[S]1=C2C(=Cc3cc(Br)ccc32)C=C1. The zero-order chi connectivity index (χ0) is 12.2. The van der Waals surface area contributed by atoms with Gasteiger partial charge in [-0.05, 0) is 0 Å². The fraction of sp³-hybridized carbons (Fsp3) is 0. The van der Waals surface area contributed by atoms with Crippen LogP contribution >= 0.6 is 48.7 Å². The molecule has 2 aliphatic rings. The molecule has 0 radical (unpaired) electrons. The Balaban J connectivity index is 2.25. The third-order valence-corrected chi connectivity index (χ3v) is 20.0. The van der Waals surface area contributed by atoms with Gasteiger partial charge in [-0.2, -0.15) is 0 Å². The van der Waals surface area contributed by atoms with Crippen LogP contribution in [0.1, 0.15) is 11.1 Å². The molecular weight excluding hydrogens is 442 g/mol. The number of rotatable bonds is 1. The predicted octanol–water partition coefficient (Wildman–Crippen LogP) is 5.69. The number of halogens is 4. The predicted molar refractivity (Wildman–Crippen MR) is 80.5 cm³/mol. The zero-order valence-electron chi connectivity index (χ0n) is 8.38. The number of fused-ring (bicyclic) bond motifs is 3. The minimum absolute atomic E-state index is 0.259. The fourth-order valence-corrected chi connectivity index (χ4v) is 15.9. The van der Waals surface area contributed by atoms with Crippen molar-refractivity contribution in [3.63, 3.8) is 0 Å². The van der Waals surface area contributed by atoms with Crippen molar-refractivity contribution in [2.45, 2.75) is 0 Å². The van der Waals surface area contributed by atoms with E-state index in [2.05, 4.69) is 45.6 Å². The van der Waals surface area contributed by atoms with Crippen LogP contribution in [0.25, 0.3) is 6.08 Å². The molecule has 0 N–H and O–H groups in total. The topological polar surface area (TPSA) is 0 Å². The molecular formula is C11H6BrCl3SZr. The van der Waals surface area contributed by atoms with Crippen LogP contribution in [0.3, 0.4) is 0 Å². The van der Waals surface area contributed by atoms with Gasteiger partial charge in [-0.3, -0.25) is 0 Å². The Labute approximate surface area is 124 Å². The van der Waals surface area contributed by atoms with Gasteiger partial charge < -0.3 is 0 Å². The fourth-order valence-electron chi connectivity index (χ4n) is 2.02. The van der Waals surface area contributed by atoms with Gasteiger partial charge in [0.25, 0.3) is 0 Å². The molecule has 0 saturated carbocycles. The first-order chi connectivity index (χ1) is 7.97. The Bertz CT molecular complexity index is 614. The van der Waals surface area contributed by atoms with Crippen molar-refractivity contribution in [1.82, 2.24) is 0 Å². The number of hydrogen-bond acceptors (Lipinski definition) is 0. The zero-order valence-corrected chi connectivity index (χ0v) is 15.5. The van der Waals surface area contributed by atoms with Gasteiger partial charge >= 0.3 is 126 Å². The molecule has 1 unspecified atom stereocenters. The van der Waals surface area contributed by atoms with Crippen molar-refractivity contribution in [1.29, 1.82) is 0 Å². The summed E-state index contributed by atoms with van der Waals surface area (Å²) in [6, 6.07) is 6.25. The molecule has 1 aromatic carbocycles. The molecule has 0 fully saturated rings. The van der Waals surface area contributed by atoms with Crippen molar-refractivity contribution in [2.24, 2.45) is 0 Å². The molecule has 0 aromatic heterocycles. The molecule has 17 heavy (non-hydrogen) atoms. The second-order valence-corrected chi connectivity index (χ2v) is 32.5. The molecule has 0 saturated heterocycles. The van der Waals surface area contributed by atoms with Crippen molar-refractivity contribution in [3.8, 4) is 0 Å². The summed E-state index contributed by atoms with van der Waals surface area (Å²) in [4.78, 5) is 1.24. The molecule has 1 aliphatic heterocycles. The molecule has 6 heteroatoms. The van der Waals surface area contributed by atoms with Crippen LogP contribution in [0.15, 0.2) is 39.7 Å². The number of allylic oxidation sites excluding steroid dienone is 2. The molecule has 0 amide bonds. The monoisotopic (exact) mass is 444 g/mol. The molecule has 88 valence electrons. The van der Waals surface area contributed by atoms with E-state index in [9.17, 15) is 0 Å². The summed E-state index contributed by atoms with van der Waals surface area (Å²) in [6.07, 6.45) is 4.26.